The van der Waals surface area contributed by atoms with Gasteiger partial charge in [0.15, 0.2) is 0 Å². The van der Waals surface area contributed by atoms with Crippen LogP contribution in [0.15, 0.2) is 53.0 Å². The van der Waals surface area contributed by atoms with Crippen molar-refractivity contribution in [3.05, 3.63) is 64.1 Å². The van der Waals surface area contributed by atoms with Crippen LogP contribution in [0.3, 0.4) is 0 Å². The van der Waals surface area contributed by atoms with Gasteiger partial charge in [0.05, 0.1) is 5.56 Å². The van der Waals surface area contributed by atoms with E-state index in [1.807, 2.05) is 12.1 Å². The minimum Gasteiger partial charge on any atom is -0.371 e. The number of hydrogen-bond donors (Lipinski definition) is 1. The molecule has 1 aliphatic rings. The number of hydrogen-bond acceptors (Lipinski definition) is 2. The lowest BCUT2D eigenvalue weighted by Crippen LogP contribution is -2.39. The zero-order valence-corrected chi connectivity index (χ0v) is 17.6. The van der Waals surface area contributed by atoms with Gasteiger partial charge in [0, 0.05) is 43.4 Å². The third kappa shape index (κ3) is 5.88. The highest BCUT2D eigenvalue weighted by Gasteiger charge is 2.30. The third-order valence-electron chi connectivity index (χ3n) is 5.05. The Hall–Kier alpha value is -2.22. The summed E-state index contributed by atoms with van der Waals surface area (Å²) in [6.07, 6.45) is -3.36. The van der Waals surface area contributed by atoms with Crippen LogP contribution >= 0.6 is 15.9 Å². The Bertz CT molecular complexity index is 842. The van der Waals surface area contributed by atoms with Crippen LogP contribution in [0.5, 0.6) is 0 Å². The number of alkyl halides is 3. The van der Waals surface area contributed by atoms with E-state index >= 15 is 0 Å². The molecule has 2 aromatic carbocycles. The van der Waals surface area contributed by atoms with Gasteiger partial charge < -0.3 is 15.1 Å². The number of carbonyl (C=O) groups is 1. The Balaban J connectivity index is 1.45. The van der Waals surface area contributed by atoms with Gasteiger partial charge in [-0.25, -0.2) is 4.79 Å². The molecule has 4 nitrogen and oxygen atoms in total. The van der Waals surface area contributed by atoms with Crippen molar-refractivity contribution in [1.29, 1.82) is 0 Å². The molecule has 0 aliphatic carbocycles. The van der Waals surface area contributed by atoms with E-state index in [2.05, 4.69) is 38.3 Å². The second-order valence-corrected chi connectivity index (χ2v) is 8.23. The quantitative estimate of drug-likeness (QED) is 0.658. The molecule has 8 heteroatoms. The lowest BCUT2D eigenvalue weighted by Gasteiger charge is -2.21. The number of anilines is 1. The van der Waals surface area contributed by atoms with Crippen LogP contribution in [0.25, 0.3) is 0 Å². The van der Waals surface area contributed by atoms with E-state index < -0.39 is 11.7 Å². The Morgan fingerprint density at radius 2 is 1.97 bits per heavy atom. The Morgan fingerprint density at radius 3 is 2.62 bits per heavy atom. The second kappa shape index (κ2) is 9.07. The summed E-state index contributed by atoms with van der Waals surface area (Å²) in [5, 5.41) is 2.93. The summed E-state index contributed by atoms with van der Waals surface area (Å²) in [6.45, 7) is 2.64. The molecular formula is C21H23BrF3N3O. The van der Waals surface area contributed by atoms with Crippen molar-refractivity contribution >= 4 is 27.6 Å². The largest absolute Gasteiger partial charge is 0.416 e. The first-order valence-corrected chi connectivity index (χ1v) is 10.2. The van der Waals surface area contributed by atoms with Gasteiger partial charge in [0.1, 0.15) is 0 Å². The minimum absolute atomic E-state index is 0.231. The molecule has 0 bridgehead atoms. The maximum Gasteiger partial charge on any atom is 0.416 e. The van der Waals surface area contributed by atoms with Crippen LogP contribution in [0.1, 0.15) is 17.5 Å². The zero-order chi connectivity index (χ0) is 21.0. The van der Waals surface area contributed by atoms with E-state index in [4.69, 9.17) is 0 Å². The summed E-state index contributed by atoms with van der Waals surface area (Å²) < 4.78 is 38.9. The van der Waals surface area contributed by atoms with E-state index in [1.165, 1.54) is 17.0 Å². The van der Waals surface area contributed by atoms with Crippen molar-refractivity contribution in [2.24, 2.45) is 5.92 Å². The Labute approximate surface area is 176 Å². The van der Waals surface area contributed by atoms with Crippen molar-refractivity contribution in [3.8, 4) is 0 Å². The van der Waals surface area contributed by atoms with Gasteiger partial charge in [0.25, 0.3) is 0 Å². The predicted octanol–water partition coefficient (Wildman–Crippen LogP) is 5.14. The first-order valence-electron chi connectivity index (χ1n) is 9.38. The molecule has 2 aromatic rings. The zero-order valence-electron chi connectivity index (χ0n) is 16.0. The van der Waals surface area contributed by atoms with Crippen LogP contribution in [0.4, 0.5) is 23.7 Å². The summed E-state index contributed by atoms with van der Waals surface area (Å²) in [4.78, 5) is 16.1. The second-order valence-electron chi connectivity index (χ2n) is 7.32. The molecule has 1 N–H and O–H groups in total. The molecule has 1 fully saturated rings. The van der Waals surface area contributed by atoms with Gasteiger partial charge in [-0.05, 0) is 48.2 Å². The van der Waals surface area contributed by atoms with Gasteiger partial charge >= 0.3 is 12.2 Å². The van der Waals surface area contributed by atoms with Gasteiger partial charge in [-0.15, -0.1) is 0 Å². The molecule has 0 aromatic heterocycles. The van der Waals surface area contributed by atoms with Gasteiger partial charge in [-0.2, -0.15) is 13.2 Å². The van der Waals surface area contributed by atoms with E-state index in [-0.39, 0.29) is 12.6 Å². The molecule has 1 atom stereocenters. The standard InChI is InChI=1S/C21H23BrF3N3O/c1-27(13-15-5-7-17(8-6-15)21(23,24)25)20(29)26-12-16-9-10-28(14-16)19-4-2-3-18(22)11-19/h2-8,11,16H,9-10,12-14H2,1H3,(H,26,29). The smallest absolute Gasteiger partial charge is 0.371 e. The highest BCUT2D eigenvalue weighted by Crippen LogP contribution is 2.29. The number of halogens is 4. The third-order valence-corrected chi connectivity index (χ3v) is 5.54. The van der Waals surface area contributed by atoms with Crippen molar-refractivity contribution in [2.45, 2.75) is 19.1 Å². The average Bonchev–Trinajstić information content (AvgIpc) is 3.15. The monoisotopic (exact) mass is 469 g/mol. The van der Waals surface area contributed by atoms with E-state index in [1.54, 1.807) is 7.05 Å². The first kappa shape index (κ1) is 21.5. The van der Waals surface area contributed by atoms with Gasteiger partial charge in [-0.3, -0.25) is 0 Å². The number of benzene rings is 2. The lowest BCUT2D eigenvalue weighted by atomic mass is 10.1. The molecule has 3 rings (SSSR count). The Morgan fingerprint density at radius 1 is 1.24 bits per heavy atom. The molecule has 156 valence electrons. The molecule has 1 unspecified atom stereocenters. The lowest BCUT2D eigenvalue weighted by molar-refractivity contribution is -0.137. The number of carbonyl (C=O) groups excluding carboxylic acids is 1. The number of rotatable bonds is 5. The molecule has 0 saturated carbocycles. The first-order chi connectivity index (χ1) is 13.7. The number of nitrogens with zero attached hydrogens (tertiary/aromatic N) is 2. The maximum absolute atomic E-state index is 12.6. The summed E-state index contributed by atoms with van der Waals surface area (Å²) in [7, 11) is 1.63. The van der Waals surface area contributed by atoms with Gasteiger partial charge in [-0.1, -0.05) is 34.1 Å². The molecule has 1 heterocycles. The van der Waals surface area contributed by atoms with E-state index in [0.29, 0.717) is 18.0 Å². The molecule has 2 amide bonds. The number of amides is 2. The number of urea groups is 1. The van der Waals surface area contributed by atoms with Crippen molar-refractivity contribution < 1.29 is 18.0 Å². The fraction of sp³-hybridized carbons (Fsp3) is 0.381. The van der Waals surface area contributed by atoms with Crippen molar-refractivity contribution in [3.63, 3.8) is 0 Å². The summed E-state index contributed by atoms with van der Waals surface area (Å²) in [5.74, 6) is 0.359. The fourth-order valence-corrected chi connectivity index (χ4v) is 3.81. The summed E-state index contributed by atoms with van der Waals surface area (Å²) >= 11 is 3.49. The number of nitrogens with one attached hydrogen (secondary N) is 1. The topological polar surface area (TPSA) is 35.6 Å². The summed E-state index contributed by atoms with van der Waals surface area (Å²) in [5.41, 5.74) is 1.12. The molecule has 0 spiro atoms. The maximum atomic E-state index is 12.6. The van der Waals surface area contributed by atoms with E-state index in [0.717, 1.165) is 41.8 Å². The predicted molar refractivity (Wildman–Crippen MR) is 111 cm³/mol. The minimum atomic E-state index is -4.35. The van der Waals surface area contributed by atoms with Crippen molar-refractivity contribution in [2.75, 3.05) is 31.6 Å². The highest BCUT2D eigenvalue weighted by atomic mass is 79.9. The molecule has 0 radical (unpaired) electrons. The van der Waals surface area contributed by atoms with Crippen LogP contribution in [0, 0.1) is 5.92 Å². The Kier molecular flexibility index (Phi) is 6.72. The highest BCUT2D eigenvalue weighted by molar-refractivity contribution is 9.10. The van der Waals surface area contributed by atoms with Crippen molar-refractivity contribution in [1.82, 2.24) is 10.2 Å². The van der Waals surface area contributed by atoms with Crippen LogP contribution in [-0.4, -0.2) is 37.6 Å². The fourth-order valence-electron chi connectivity index (χ4n) is 3.42. The molecule has 1 saturated heterocycles. The average molecular weight is 470 g/mol. The van der Waals surface area contributed by atoms with Gasteiger partial charge in [0.2, 0.25) is 0 Å². The molecule has 29 heavy (non-hydrogen) atoms. The SMILES string of the molecule is CN(Cc1ccc(C(F)(F)F)cc1)C(=O)NCC1CCN(c2cccc(Br)c2)C1. The van der Waals surface area contributed by atoms with Crippen LogP contribution < -0.4 is 10.2 Å². The van der Waals surface area contributed by atoms with Crippen LogP contribution in [-0.2, 0) is 12.7 Å². The van der Waals surface area contributed by atoms with E-state index in [9.17, 15) is 18.0 Å². The molecular weight excluding hydrogens is 447 g/mol. The molecule has 1 aliphatic heterocycles. The van der Waals surface area contributed by atoms with Crippen LogP contribution in [0.2, 0.25) is 0 Å². The summed E-state index contributed by atoms with van der Waals surface area (Å²) in [6, 6.07) is 12.8. The normalized spacial score (nSPS) is 16.7.